The molecule has 0 unspecified atom stereocenters. The molecular formula is C6H12N2. The maximum atomic E-state index is 5.41. The van der Waals surface area contributed by atoms with E-state index in [1.807, 2.05) is 6.92 Å². The van der Waals surface area contributed by atoms with Gasteiger partial charge in [0.2, 0.25) is 0 Å². The van der Waals surface area contributed by atoms with Crippen molar-refractivity contribution >= 4 is 0 Å². The molecule has 0 aliphatic heterocycles. The Balaban J connectivity index is 3.40. The lowest BCUT2D eigenvalue weighted by Crippen LogP contribution is -2.01. The highest BCUT2D eigenvalue weighted by atomic mass is 14.8. The second-order valence-electron chi connectivity index (χ2n) is 1.44. The second-order valence-corrected chi connectivity index (χ2v) is 1.44. The van der Waals surface area contributed by atoms with Crippen LogP contribution in [0.2, 0.25) is 0 Å². The van der Waals surface area contributed by atoms with Crippen LogP contribution < -0.4 is 11.1 Å². The van der Waals surface area contributed by atoms with Crippen molar-refractivity contribution in [3.8, 4) is 0 Å². The lowest BCUT2D eigenvalue weighted by Gasteiger charge is -1.92. The van der Waals surface area contributed by atoms with E-state index in [1.54, 1.807) is 12.4 Å². The first kappa shape index (κ1) is 7.08. The van der Waals surface area contributed by atoms with Gasteiger partial charge in [-0.1, -0.05) is 13.5 Å². The van der Waals surface area contributed by atoms with Crippen molar-refractivity contribution in [2.75, 3.05) is 0 Å². The van der Waals surface area contributed by atoms with Crippen LogP contribution >= 0.6 is 0 Å². The molecule has 0 saturated heterocycles. The summed E-state index contributed by atoms with van der Waals surface area (Å²) in [6.07, 6.45) is 4.19. The summed E-state index contributed by atoms with van der Waals surface area (Å²) in [5.41, 5.74) is 6.25. The summed E-state index contributed by atoms with van der Waals surface area (Å²) in [6, 6.07) is 0. The van der Waals surface area contributed by atoms with Gasteiger partial charge >= 0.3 is 0 Å². The molecule has 0 rings (SSSR count). The molecule has 0 amide bonds. The molecule has 8 heavy (non-hydrogen) atoms. The quantitative estimate of drug-likeness (QED) is 0.570. The van der Waals surface area contributed by atoms with E-state index in [0.29, 0.717) is 0 Å². The Morgan fingerprint density at radius 2 is 2.50 bits per heavy atom. The number of hydrogen-bond acceptors (Lipinski definition) is 2. The van der Waals surface area contributed by atoms with E-state index in [1.165, 1.54) is 0 Å². The summed E-state index contributed by atoms with van der Waals surface area (Å²) in [5.74, 6) is 0. The highest BCUT2D eigenvalue weighted by Crippen LogP contribution is 1.85. The average molecular weight is 112 g/mol. The molecule has 0 aromatic carbocycles. The van der Waals surface area contributed by atoms with Gasteiger partial charge in [0.15, 0.2) is 0 Å². The van der Waals surface area contributed by atoms with E-state index in [4.69, 9.17) is 5.73 Å². The van der Waals surface area contributed by atoms with Gasteiger partial charge in [-0.05, 0) is 12.6 Å². The number of allylic oxidation sites excluding steroid dienone is 1. The van der Waals surface area contributed by atoms with E-state index in [2.05, 4.69) is 11.9 Å². The number of hydrogen-bond donors (Lipinski definition) is 2. The van der Waals surface area contributed by atoms with Gasteiger partial charge in [0.05, 0.1) is 0 Å². The molecule has 0 fully saturated rings. The molecule has 46 valence electrons. The fraction of sp³-hybridized carbons (Fsp3) is 0.333. The van der Waals surface area contributed by atoms with Crippen LogP contribution in [0.4, 0.5) is 0 Å². The fourth-order valence-electron chi connectivity index (χ4n) is 0.268. The normalized spacial score (nSPS) is 10.9. The van der Waals surface area contributed by atoms with Gasteiger partial charge in [-0.25, -0.2) is 0 Å². The Hall–Kier alpha value is -0.920. The molecule has 0 saturated carbocycles. The van der Waals surface area contributed by atoms with E-state index in [9.17, 15) is 0 Å². The molecule has 3 N–H and O–H groups in total. The van der Waals surface area contributed by atoms with Crippen molar-refractivity contribution in [3.63, 3.8) is 0 Å². The third-order valence-corrected chi connectivity index (χ3v) is 0.795. The highest BCUT2D eigenvalue weighted by molar-refractivity contribution is 4.95. The predicted octanol–water partition coefficient (Wildman–Crippen LogP) is 0.930. The zero-order valence-electron chi connectivity index (χ0n) is 5.15. The Labute approximate surface area is 50.1 Å². The highest BCUT2D eigenvalue weighted by Gasteiger charge is 1.77. The third kappa shape index (κ3) is 3.28. The molecule has 0 aliphatic carbocycles. The topological polar surface area (TPSA) is 38.0 Å². The molecule has 2 heteroatoms. The minimum absolute atomic E-state index is 0.838. The lowest BCUT2D eigenvalue weighted by atomic mass is 10.4. The minimum Gasteiger partial charge on any atom is -0.401 e. The Kier molecular flexibility index (Phi) is 3.76. The summed E-state index contributed by atoms with van der Waals surface area (Å²) in [4.78, 5) is 0. The molecule has 0 aromatic heterocycles. The summed E-state index contributed by atoms with van der Waals surface area (Å²) in [7, 11) is 0. The lowest BCUT2D eigenvalue weighted by molar-refractivity contribution is 1.02. The van der Waals surface area contributed by atoms with Gasteiger partial charge < -0.3 is 11.1 Å². The van der Waals surface area contributed by atoms with Gasteiger partial charge in [0.25, 0.3) is 0 Å². The fourth-order valence-corrected chi connectivity index (χ4v) is 0.268. The molecule has 2 nitrogen and oxygen atoms in total. The van der Waals surface area contributed by atoms with Crippen LogP contribution in [0.5, 0.6) is 0 Å². The number of nitrogens with two attached hydrogens (primary N) is 1. The Morgan fingerprint density at radius 3 is 2.88 bits per heavy atom. The first-order chi connectivity index (χ1) is 3.81. The van der Waals surface area contributed by atoms with Gasteiger partial charge in [-0.3, -0.25) is 0 Å². The molecule has 0 atom stereocenters. The zero-order valence-corrected chi connectivity index (χ0v) is 5.15. The average Bonchev–Trinajstić information content (AvgIpc) is 1.83. The summed E-state index contributed by atoms with van der Waals surface area (Å²) in [6.45, 7) is 5.45. The molecule has 0 radical (unpaired) electrons. The predicted molar refractivity (Wildman–Crippen MR) is 35.9 cm³/mol. The van der Waals surface area contributed by atoms with Crippen molar-refractivity contribution in [3.05, 3.63) is 24.7 Å². The van der Waals surface area contributed by atoms with Crippen molar-refractivity contribution in [1.29, 1.82) is 0 Å². The van der Waals surface area contributed by atoms with Crippen molar-refractivity contribution in [2.45, 2.75) is 13.3 Å². The van der Waals surface area contributed by atoms with E-state index in [0.717, 1.165) is 12.1 Å². The smallest absolute Gasteiger partial charge is 0.0240 e. The van der Waals surface area contributed by atoms with Crippen LogP contribution in [-0.4, -0.2) is 0 Å². The molecule has 0 aliphatic rings. The Morgan fingerprint density at radius 1 is 1.88 bits per heavy atom. The molecular weight excluding hydrogens is 100 g/mol. The second kappa shape index (κ2) is 4.24. The van der Waals surface area contributed by atoms with Gasteiger partial charge in [0, 0.05) is 11.9 Å². The van der Waals surface area contributed by atoms with Crippen LogP contribution in [0.3, 0.4) is 0 Å². The largest absolute Gasteiger partial charge is 0.401 e. The summed E-state index contributed by atoms with van der Waals surface area (Å²) >= 11 is 0. The van der Waals surface area contributed by atoms with E-state index < -0.39 is 0 Å². The third-order valence-electron chi connectivity index (χ3n) is 0.795. The SMILES string of the molecule is C=CN/C=C(\N)CC. The maximum absolute atomic E-state index is 5.41. The van der Waals surface area contributed by atoms with Crippen LogP contribution in [0, 0.1) is 0 Å². The van der Waals surface area contributed by atoms with Crippen LogP contribution in [0.1, 0.15) is 13.3 Å². The molecule has 0 bridgehead atoms. The van der Waals surface area contributed by atoms with Gasteiger partial charge in [-0.15, -0.1) is 0 Å². The van der Waals surface area contributed by atoms with E-state index >= 15 is 0 Å². The number of rotatable bonds is 3. The first-order valence-electron chi connectivity index (χ1n) is 2.62. The van der Waals surface area contributed by atoms with E-state index in [-0.39, 0.29) is 0 Å². The van der Waals surface area contributed by atoms with Crippen LogP contribution in [0.25, 0.3) is 0 Å². The maximum Gasteiger partial charge on any atom is 0.0240 e. The summed E-state index contributed by atoms with van der Waals surface area (Å²) < 4.78 is 0. The van der Waals surface area contributed by atoms with Crippen molar-refractivity contribution in [2.24, 2.45) is 5.73 Å². The van der Waals surface area contributed by atoms with Gasteiger partial charge in [-0.2, -0.15) is 0 Å². The number of nitrogens with one attached hydrogen (secondary N) is 1. The zero-order chi connectivity index (χ0) is 6.41. The minimum atomic E-state index is 0.838. The summed E-state index contributed by atoms with van der Waals surface area (Å²) in [5, 5.41) is 2.78. The van der Waals surface area contributed by atoms with Crippen LogP contribution in [-0.2, 0) is 0 Å². The molecule has 0 heterocycles. The standard InChI is InChI=1S/C6H12N2/c1-3-6(7)5-8-4-2/h4-5,8H,2-3,7H2,1H3/b6-5-. The van der Waals surface area contributed by atoms with Gasteiger partial charge in [0.1, 0.15) is 0 Å². The Bertz CT molecular complexity index is 94.7. The molecule has 0 spiro atoms. The van der Waals surface area contributed by atoms with Crippen molar-refractivity contribution in [1.82, 2.24) is 5.32 Å². The van der Waals surface area contributed by atoms with Crippen LogP contribution in [0.15, 0.2) is 24.7 Å². The van der Waals surface area contributed by atoms with Crippen molar-refractivity contribution < 1.29 is 0 Å². The molecule has 0 aromatic rings. The monoisotopic (exact) mass is 112 g/mol. The first-order valence-corrected chi connectivity index (χ1v) is 2.62.